The molecule has 132 valence electrons. The molecule has 5 heteroatoms. The number of benzene rings is 1. The number of anilines is 2. The maximum atomic E-state index is 12.9. The first-order chi connectivity index (χ1) is 11.2. The summed E-state index contributed by atoms with van der Waals surface area (Å²) in [4.78, 5) is 26.5. The van der Waals surface area contributed by atoms with Crippen molar-refractivity contribution in [2.75, 3.05) is 23.4 Å². The van der Waals surface area contributed by atoms with Gasteiger partial charge in [0.15, 0.2) is 0 Å². The standard InChI is InChI=1S/C19H28N2O3/c1-6-7-17(22)20-14-8-9-15-16(10-14)24-12-19(4,5)18(23)21(15)11-13(2)3/h8-10,13H,6-7,11-12H2,1-5H3,(H,20,22). The topological polar surface area (TPSA) is 58.6 Å². The molecule has 0 fully saturated rings. The van der Waals surface area contributed by atoms with Crippen molar-refractivity contribution in [3.63, 3.8) is 0 Å². The number of nitrogens with one attached hydrogen (secondary N) is 1. The van der Waals surface area contributed by atoms with Crippen molar-refractivity contribution in [1.29, 1.82) is 0 Å². The molecule has 2 rings (SSSR count). The molecule has 0 spiro atoms. The van der Waals surface area contributed by atoms with Crippen molar-refractivity contribution < 1.29 is 14.3 Å². The lowest BCUT2D eigenvalue weighted by Crippen LogP contribution is -2.43. The van der Waals surface area contributed by atoms with Crippen LogP contribution >= 0.6 is 0 Å². The van der Waals surface area contributed by atoms with Crippen molar-refractivity contribution in [3.05, 3.63) is 18.2 Å². The van der Waals surface area contributed by atoms with Crippen LogP contribution in [0.3, 0.4) is 0 Å². The van der Waals surface area contributed by atoms with Crippen molar-refractivity contribution in [1.82, 2.24) is 0 Å². The van der Waals surface area contributed by atoms with Gasteiger partial charge in [0.05, 0.1) is 11.1 Å². The number of hydrogen-bond acceptors (Lipinski definition) is 3. The molecule has 24 heavy (non-hydrogen) atoms. The van der Waals surface area contributed by atoms with Crippen LogP contribution in [0.2, 0.25) is 0 Å². The van der Waals surface area contributed by atoms with E-state index in [1.165, 1.54) is 0 Å². The molecule has 0 radical (unpaired) electrons. The summed E-state index contributed by atoms with van der Waals surface area (Å²) in [6, 6.07) is 5.50. The summed E-state index contributed by atoms with van der Waals surface area (Å²) < 4.78 is 5.91. The largest absolute Gasteiger partial charge is 0.490 e. The first-order valence-corrected chi connectivity index (χ1v) is 8.63. The summed E-state index contributed by atoms with van der Waals surface area (Å²) in [5, 5.41) is 2.88. The minimum Gasteiger partial charge on any atom is -0.490 e. The number of ether oxygens (including phenoxy) is 1. The zero-order chi connectivity index (χ0) is 17.9. The van der Waals surface area contributed by atoms with Crippen molar-refractivity contribution >= 4 is 23.2 Å². The Morgan fingerprint density at radius 3 is 2.71 bits per heavy atom. The Kier molecular flexibility index (Phi) is 5.52. The highest BCUT2D eigenvalue weighted by atomic mass is 16.5. The molecule has 1 aliphatic heterocycles. The monoisotopic (exact) mass is 332 g/mol. The molecule has 2 amide bonds. The van der Waals surface area contributed by atoms with Crippen LogP contribution in [-0.2, 0) is 9.59 Å². The van der Waals surface area contributed by atoms with Gasteiger partial charge in [-0.2, -0.15) is 0 Å². The number of hydrogen-bond donors (Lipinski definition) is 1. The minimum absolute atomic E-state index is 0.0125. The molecule has 1 N–H and O–H groups in total. The van der Waals surface area contributed by atoms with Gasteiger partial charge in [-0.3, -0.25) is 9.59 Å². The van der Waals surface area contributed by atoms with E-state index in [2.05, 4.69) is 19.2 Å². The summed E-state index contributed by atoms with van der Waals surface area (Å²) in [6.45, 7) is 10.9. The van der Waals surface area contributed by atoms with Gasteiger partial charge in [0.1, 0.15) is 12.4 Å². The second-order valence-corrected chi connectivity index (χ2v) is 7.46. The first kappa shape index (κ1) is 18.3. The molecule has 0 aromatic heterocycles. The van der Waals surface area contributed by atoms with Gasteiger partial charge in [0.25, 0.3) is 0 Å². The molecule has 0 aliphatic carbocycles. The Hall–Kier alpha value is -2.04. The van der Waals surface area contributed by atoms with Crippen molar-refractivity contribution in [2.24, 2.45) is 11.3 Å². The van der Waals surface area contributed by atoms with E-state index in [4.69, 9.17) is 4.74 Å². The van der Waals surface area contributed by atoms with E-state index in [0.29, 0.717) is 36.9 Å². The average Bonchev–Trinajstić information content (AvgIpc) is 2.58. The van der Waals surface area contributed by atoms with Gasteiger partial charge in [0.2, 0.25) is 11.8 Å². The fourth-order valence-electron chi connectivity index (χ4n) is 2.72. The SMILES string of the molecule is CCCC(=O)Nc1ccc2c(c1)OCC(C)(C)C(=O)N2CC(C)C. The molecule has 1 aliphatic rings. The highest BCUT2D eigenvalue weighted by molar-refractivity contribution is 6.00. The van der Waals surface area contributed by atoms with Crippen LogP contribution in [-0.4, -0.2) is 25.0 Å². The molecular weight excluding hydrogens is 304 g/mol. The van der Waals surface area contributed by atoms with E-state index >= 15 is 0 Å². The Morgan fingerprint density at radius 1 is 1.38 bits per heavy atom. The van der Waals surface area contributed by atoms with E-state index < -0.39 is 5.41 Å². The Bertz CT molecular complexity index is 623. The Morgan fingerprint density at radius 2 is 2.08 bits per heavy atom. The number of nitrogens with zero attached hydrogens (tertiary/aromatic N) is 1. The summed E-state index contributed by atoms with van der Waals surface area (Å²) in [7, 11) is 0. The highest BCUT2D eigenvalue weighted by Crippen LogP contribution is 2.38. The smallest absolute Gasteiger partial charge is 0.236 e. The molecule has 0 saturated heterocycles. The normalized spacial score (nSPS) is 16.4. The quantitative estimate of drug-likeness (QED) is 0.891. The van der Waals surface area contributed by atoms with Crippen LogP contribution in [0, 0.1) is 11.3 Å². The van der Waals surface area contributed by atoms with E-state index in [1.54, 1.807) is 0 Å². The van der Waals surface area contributed by atoms with Crippen LogP contribution in [0.15, 0.2) is 18.2 Å². The molecule has 1 aromatic carbocycles. The van der Waals surface area contributed by atoms with Gasteiger partial charge < -0.3 is 15.0 Å². The number of carbonyl (C=O) groups is 2. The van der Waals surface area contributed by atoms with E-state index in [-0.39, 0.29) is 11.8 Å². The first-order valence-electron chi connectivity index (χ1n) is 8.63. The highest BCUT2D eigenvalue weighted by Gasteiger charge is 2.38. The fourth-order valence-corrected chi connectivity index (χ4v) is 2.72. The molecule has 0 saturated carbocycles. The molecule has 1 heterocycles. The molecule has 0 unspecified atom stereocenters. The van der Waals surface area contributed by atoms with E-state index in [9.17, 15) is 9.59 Å². The maximum absolute atomic E-state index is 12.9. The second-order valence-electron chi connectivity index (χ2n) is 7.46. The maximum Gasteiger partial charge on any atom is 0.236 e. The van der Waals surface area contributed by atoms with Gasteiger partial charge in [0, 0.05) is 24.7 Å². The molecule has 0 atom stereocenters. The number of amides is 2. The van der Waals surface area contributed by atoms with Crippen LogP contribution in [0.25, 0.3) is 0 Å². The van der Waals surface area contributed by atoms with Crippen molar-refractivity contribution in [2.45, 2.75) is 47.5 Å². The van der Waals surface area contributed by atoms with Gasteiger partial charge in [-0.1, -0.05) is 20.8 Å². The van der Waals surface area contributed by atoms with Gasteiger partial charge in [-0.25, -0.2) is 0 Å². The predicted octanol–water partition coefficient (Wildman–Crippen LogP) is 3.83. The second kappa shape index (κ2) is 7.24. The number of rotatable bonds is 5. The summed E-state index contributed by atoms with van der Waals surface area (Å²) >= 11 is 0. The Balaban J connectivity index is 2.35. The molecular formula is C19H28N2O3. The van der Waals surface area contributed by atoms with Crippen LogP contribution in [0.5, 0.6) is 5.75 Å². The van der Waals surface area contributed by atoms with Crippen LogP contribution in [0.4, 0.5) is 11.4 Å². The van der Waals surface area contributed by atoms with Crippen LogP contribution < -0.4 is 15.0 Å². The van der Waals surface area contributed by atoms with Crippen LogP contribution in [0.1, 0.15) is 47.5 Å². The lowest BCUT2D eigenvalue weighted by atomic mass is 9.92. The molecule has 1 aromatic rings. The third-order valence-corrected chi connectivity index (χ3v) is 3.97. The van der Waals surface area contributed by atoms with Gasteiger partial charge >= 0.3 is 0 Å². The fraction of sp³-hybridized carbons (Fsp3) is 0.579. The Labute approximate surface area is 144 Å². The molecule has 5 nitrogen and oxygen atoms in total. The van der Waals surface area contributed by atoms with E-state index in [1.807, 2.05) is 43.9 Å². The lowest BCUT2D eigenvalue weighted by molar-refractivity contribution is -0.127. The number of fused-ring (bicyclic) bond motifs is 1. The average molecular weight is 332 g/mol. The third-order valence-electron chi connectivity index (χ3n) is 3.97. The summed E-state index contributed by atoms with van der Waals surface area (Å²) in [6.07, 6.45) is 1.29. The van der Waals surface area contributed by atoms with Crippen molar-refractivity contribution in [3.8, 4) is 5.75 Å². The third kappa shape index (κ3) is 4.08. The van der Waals surface area contributed by atoms with Gasteiger partial charge in [-0.15, -0.1) is 0 Å². The minimum atomic E-state index is -0.584. The van der Waals surface area contributed by atoms with Gasteiger partial charge in [-0.05, 0) is 38.3 Å². The van der Waals surface area contributed by atoms with E-state index in [0.717, 1.165) is 12.1 Å². The predicted molar refractivity (Wildman–Crippen MR) is 96.4 cm³/mol. The zero-order valence-electron chi connectivity index (χ0n) is 15.3. The number of carbonyl (C=O) groups excluding carboxylic acids is 2. The summed E-state index contributed by atoms with van der Waals surface area (Å²) in [5.74, 6) is 1.04. The molecule has 0 bridgehead atoms. The zero-order valence-corrected chi connectivity index (χ0v) is 15.3. The lowest BCUT2D eigenvalue weighted by Gasteiger charge is -2.29. The summed E-state index contributed by atoms with van der Waals surface area (Å²) in [5.41, 5.74) is 0.885.